The van der Waals surface area contributed by atoms with E-state index in [1.54, 1.807) is 0 Å². The zero-order valence-corrected chi connectivity index (χ0v) is 8.42. The minimum absolute atomic E-state index is 0.0465. The number of nitrogens with two attached hydrogens (primary N) is 1. The van der Waals surface area contributed by atoms with Gasteiger partial charge in [-0.3, -0.25) is 4.79 Å². The molecular weight excluding hydrogens is 174 g/mol. The number of hydrogen-bond donors (Lipinski definition) is 1. The van der Waals surface area contributed by atoms with Gasteiger partial charge in [0, 0.05) is 5.92 Å². The van der Waals surface area contributed by atoms with Crippen LogP contribution in [-0.2, 0) is 17.6 Å². The van der Waals surface area contributed by atoms with Crippen molar-refractivity contribution in [2.24, 2.45) is 11.7 Å². The first-order chi connectivity index (χ1) is 6.66. The number of carbonyl (C=O) groups is 1. The number of carbonyl (C=O) groups excluding carboxylic acids is 1. The smallest absolute Gasteiger partial charge is 0.220 e. The summed E-state index contributed by atoms with van der Waals surface area (Å²) in [4.78, 5) is 11.1. The Labute approximate surface area is 84.1 Å². The molecule has 0 fully saturated rings. The van der Waals surface area contributed by atoms with E-state index < -0.39 is 0 Å². The van der Waals surface area contributed by atoms with Crippen LogP contribution < -0.4 is 5.73 Å². The number of amides is 1. The van der Waals surface area contributed by atoms with Crippen molar-refractivity contribution in [3.05, 3.63) is 34.9 Å². The highest BCUT2D eigenvalue weighted by molar-refractivity contribution is 5.77. The summed E-state index contributed by atoms with van der Waals surface area (Å²) in [6.07, 6.45) is 2.72. The molecular formula is C12H15NO. The van der Waals surface area contributed by atoms with Gasteiger partial charge in [0.15, 0.2) is 0 Å². The van der Waals surface area contributed by atoms with Crippen LogP contribution in [0, 0.1) is 12.8 Å². The molecule has 1 aliphatic carbocycles. The van der Waals surface area contributed by atoms with E-state index in [4.69, 9.17) is 5.73 Å². The van der Waals surface area contributed by atoms with Crippen LogP contribution in [0.25, 0.3) is 0 Å². The lowest BCUT2D eigenvalue weighted by Crippen LogP contribution is -2.28. The second-order valence-electron chi connectivity index (χ2n) is 4.11. The molecule has 1 unspecified atom stereocenters. The van der Waals surface area contributed by atoms with E-state index in [2.05, 4.69) is 25.1 Å². The third-order valence-corrected chi connectivity index (χ3v) is 2.99. The highest BCUT2D eigenvalue weighted by Gasteiger charge is 2.22. The quantitative estimate of drug-likeness (QED) is 0.716. The first-order valence-electron chi connectivity index (χ1n) is 5.04. The molecule has 0 saturated carbocycles. The minimum Gasteiger partial charge on any atom is -0.369 e. The van der Waals surface area contributed by atoms with Crippen molar-refractivity contribution in [2.45, 2.75) is 26.2 Å². The Bertz CT molecular complexity index is 371. The van der Waals surface area contributed by atoms with Crippen LogP contribution in [-0.4, -0.2) is 5.91 Å². The maximum absolute atomic E-state index is 11.1. The molecule has 0 aliphatic heterocycles. The fourth-order valence-electron chi connectivity index (χ4n) is 2.13. The molecule has 1 aromatic rings. The summed E-state index contributed by atoms with van der Waals surface area (Å²) in [6.45, 7) is 2.10. The molecule has 0 aromatic heterocycles. The summed E-state index contributed by atoms with van der Waals surface area (Å²) in [5, 5.41) is 0. The van der Waals surface area contributed by atoms with Gasteiger partial charge in [0.25, 0.3) is 0 Å². The normalized spacial score (nSPS) is 20.2. The molecule has 2 heteroatoms. The second-order valence-corrected chi connectivity index (χ2v) is 4.11. The lowest BCUT2D eigenvalue weighted by atomic mass is 9.83. The van der Waals surface area contributed by atoms with Gasteiger partial charge in [0.05, 0.1) is 0 Å². The SMILES string of the molecule is Cc1ccc2c(c1)CCC(C(N)=O)C2. The van der Waals surface area contributed by atoms with Crippen molar-refractivity contribution in [1.82, 2.24) is 0 Å². The third-order valence-electron chi connectivity index (χ3n) is 2.99. The number of hydrogen-bond acceptors (Lipinski definition) is 1. The van der Waals surface area contributed by atoms with Crippen LogP contribution in [0.1, 0.15) is 23.1 Å². The zero-order valence-electron chi connectivity index (χ0n) is 8.42. The van der Waals surface area contributed by atoms with E-state index in [1.165, 1.54) is 16.7 Å². The van der Waals surface area contributed by atoms with Crippen molar-refractivity contribution in [1.29, 1.82) is 0 Å². The Hall–Kier alpha value is -1.31. The van der Waals surface area contributed by atoms with Crippen LogP contribution in [0.3, 0.4) is 0 Å². The van der Waals surface area contributed by atoms with E-state index in [0.29, 0.717) is 0 Å². The van der Waals surface area contributed by atoms with Crippen LogP contribution in [0.2, 0.25) is 0 Å². The predicted molar refractivity (Wildman–Crippen MR) is 55.9 cm³/mol. The zero-order chi connectivity index (χ0) is 10.1. The molecule has 1 aliphatic rings. The largest absolute Gasteiger partial charge is 0.369 e. The molecule has 1 aromatic carbocycles. The molecule has 0 spiro atoms. The van der Waals surface area contributed by atoms with Crippen LogP contribution >= 0.6 is 0 Å². The summed E-state index contributed by atoms with van der Waals surface area (Å²) < 4.78 is 0. The number of primary amides is 1. The van der Waals surface area contributed by atoms with Gasteiger partial charge in [0.1, 0.15) is 0 Å². The summed E-state index contributed by atoms with van der Waals surface area (Å²) in [5.41, 5.74) is 9.30. The molecule has 2 N–H and O–H groups in total. The molecule has 1 atom stereocenters. The van der Waals surface area contributed by atoms with Crippen LogP contribution in [0.15, 0.2) is 18.2 Å². The topological polar surface area (TPSA) is 43.1 Å². The molecule has 2 nitrogen and oxygen atoms in total. The Morgan fingerprint density at radius 3 is 2.93 bits per heavy atom. The van der Waals surface area contributed by atoms with Crippen molar-refractivity contribution in [3.63, 3.8) is 0 Å². The Morgan fingerprint density at radius 1 is 1.43 bits per heavy atom. The monoisotopic (exact) mass is 189 g/mol. The number of fused-ring (bicyclic) bond motifs is 1. The predicted octanol–water partition coefficient (Wildman–Crippen LogP) is 1.59. The second kappa shape index (κ2) is 3.45. The fraction of sp³-hybridized carbons (Fsp3) is 0.417. The highest BCUT2D eigenvalue weighted by atomic mass is 16.1. The summed E-state index contributed by atoms with van der Waals surface area (Å²) in [6, 6.07) is 6.44. The van der Waals surface area contributed by atoms with Gasteiger partial charge < -0.3 is 5.73 Å². The molecule has 74 valence electrons. The van der Waals surface area contributed by atoms with E-state index in [1.807, 2.05) is 0 Å². The number of rotatable bonds is 1. The maximum Gasteiger partial charge on any atom is 0.220 e. The van der Waals surface area contributed by atoms with Gasteiger partial charge in [-0.2, -0.15) is 0 Å². The average molecular weight is 189 g/mol. The van der Waals surface area contributed by atoms with Gasteiger partial charge in [-0.25, -0.2) is 0 Å². The Balaban J connectivity index is 2.27. The van der Waals surface area contributed by atoms with Crippen molar-refractivity contribution >= 4 is 5.91 Å². The van der Waals surface area contributed by atoms with Gasteiger partial charge in [-0.15, -0.1) is 0 Å². The molecule has 0 heterocycles. The number of aryl methyl sites for hydroxylation is 2. The van der Waals surface area contributed by atoms with Gasteiger partial charge >= 0.3 is 0 Å². The minimum atomic E-state index is -0.156. The van der Waals surface area contributed by atoms with E-state index in [9.17, 15) is 4.79 Å². The summed E-state index contributed by atoms with van der Waals surface area (Å²) in [7, 11) is 0. The van der Waals surface area contributed by atoms with Crippen molar-refractivity contribution < 1.29 is 4.79 Å². The average Bonchev–Trinajstić information content (AvgIpc) is 2.16. The fourth-order valence-corrected chi connectivity index (χ4v) is 2.13. The van der Waals surface area contributed by atoms with Gasteiger partial charge in [-0.1, -0.05) is 23.8 Å². The standard InChI is InChI=1S/C12H15NO/c1-8-2-3-10-7-11(12(13)14)5-4-9(10)6-8/h2-3,6,11H,4-5,7H2,1H3,(H2,13,14). The Morgan fingerprint density at radius 2 is 2.21 bits per heavy atom. The lowest BCUT2D eigenvalue weighted by molar-refractivity contribution is -0.122. The van der Waals surface area contributed by atoms with Crippen LogP contribution in [0.4, 0.5) is 0 Å². The molecule has 1 amide bonds. The summed E-state index contributed by atoms with van der Waals surface area (Å²) in [5.74, 6) is -0.110. The Kier molecular flexibility index (Phi) is 2.28. The molecule has 0 radical (unpaired) electrons. The molecule has 2 rings (SSSR count). The van der Waals surface area contributed by atoms with E-state index in [0.717, 1.165) is 19.3 Å². The highest BCUT2D eigenvalue weighted by Crippen LogP contribution is 2.25. The van der Waals surface area contributed by atoms with Gasteiger partial charge in [-0.05, 0) is 37.3 Å². The van der Waals surface area contributed by atoms with Gasteiger partial charge in [0.2, 0.25) is 5.91 Å². The van der Waals surface area contributed by atoms with E-state index in [-0.39, 0.29) is 11.8 Å². The first-order valence-corrected chi connectivity index (χ1v) is 5.04. The summed E-state index contributed by atoms with van der Waals surface area (Å²) >= 11 is 0. The molecule has 0 bridgehead atoms. The lowest BCUT2D eigenvalue weighted by Gasteiger charge is -2.22. The first kappa shape index (κ1) is 9.25. The molecule has 14 heavy (non-hydrogen) atoms. The number of benzene rings is 1. The van der Waals surface area contributed by atoms with Crippen molar-refractivity contribution in [2.75, 3.05) is 0 Å². The third kappa shape index (κ3) is 1.65. The molecule has 0 saturated heterocycles. The maximum atomic E-state index is 11.1. The van der Waals surface area contributed by atoms with E-state index >= 15 is 0 Å². The van der Waals surface area contributed by atoms with Crippen LogP contribution in [0.5, 0.6) is 0 Å². The van der Waals surface area contributed by atoms with Crippen molar-refractivity contribution in [3.8, 4) is 0 Å².